The van der Waals surface area contributed by atoms with Crippen LogP contribution < -0.4 is 4.74 Å². The van der Waals surface area contributed by atoms with Crippen molar-refractivity contribution in [1.29, 1.82) is 0 Å². The normalized spacial score (nSPS) is 16.2. The second-order valence-electron chi connectivity index (χ2n) is 8.40. The van der Waals surface area contributed by atoms with Gasteiger partial charge in [-0.1, -0.05) is 31.2 Å². The van der Waals surface area contributed by atoms with Crippen molar-refractivity contribution in [3.63, 3.8) is 0 Å². The topological polar surface area (TPSA) is 49.9 Å². The van der Waals surface area contributed by atoms with Crippen LogP contribution in [0.25, 0.3) is 0 Å². The molecule has 4 rings (SSSR count). The average molecular weight is 483 g/mol. The number of hydrogen-bond acceptors (Lipinski definition) is 5. The summed E-state index contributed by atoms with van der Waals surface area (Å²) < 4.78 is 6.19. The Labute approximate surface area is 203 Å². The number of ether oxygens (including phenoxy) is 1. The van der Waals surface area contributed by atoms with Gasteiger partial charge < -0.3 is 14.5 Å². The molecule has 0 saturated heterocycles. The maximum Gasteiger partial charge on any atom is 0.264 e. The van der Waals surface area contributed by atoms with Crippen molar-refractivity contribution in [2.75, 3.05) is 19.7 Å². The third-order valence-corrected chi connectivity index (χ3v) is 8.18. The number of carbonyl (C=O) groups excluding carboxylic acids is 2. The van der Waals surface area contributed by atoms with Crippen LogP contribution in [0.3, 0.4) is 0 Å². The monoisotopic (exact) mass is 482 g/mol. The van der Waals surface area contributed by atoms with Crippen LogP contribution in [-0.4, -0.2) is 47.4 Å². The van der Waals surface area contributed by atoms with Gasteiger partial charge in [0.2, 0.25) is 5.91 Å². The van der Waals surface area contributed by atoms with E-state index < -0.39 is 0 Å². The van der Waals surface area contributed by atoms with E-state index in [2.05, 4.69) is 11.4 Å². The fourth-order valence-electron chi connectivity index (χ4n) is 4.19. The number of thiophene rings is 2. The lowest BCUT2D eigenvalue weighted by Gasteiger charge is -2.38. The van der Waals surface area contributed by atoms with Crippen LogP contribution in [0.4, 0.5) is 0 Å². The van der Waals surface area contributed by atoms with E-state index in [-0.39, 0.29) is 30.4 Å². The first-order chi connectivity index (χ1) is 16.0. The van der Waals surface area contributed by atoms with Crippen LogP contribution in [0.5, 0.6) is 5.75 Å². The van der Waals surface area contributed by atoms with Crippen LogP contribution >= 0.6 is 22.7 Å². The van der Waals surface area contributed by atoms with Gasteiger partial charge in [0, 0.05) is 17.5 Å². The molecule has 1 aromatic carbocycles. The van der Waals surface area contributed by atoms with Gasteiger partial charge in [-0.05, 0) is 66.8 Å². The number of carbonyl (C=O) groups is 2. The highest BCUT2D eigenvalue weighted by Gasteiger charge is 2.34. The summed E-state index contributed by atoms with van der Waals surface area (Å²) in [5.41, 5.74) is 2.23. The smallest absolute Gasteiger partial charge is 0.264 e. The van der Waals surface area contributed by atoms with Crippen molar-refractivity contribution < 1.29 is 14.3 Å². The minimum Gasteiger partial charge on any atom is -0.491 e. The average Bonchev–Trinajstić information content (AvgIpc) is 3.53. The van der Waals surface area contributed by atoms with Crippen LogP contribution in [0.15, 0.2) is 53.2 Å². The molecule has 2 aromatic heterocycles. The fraction of sp³-hybridized carbons (Fsp3) is 0.385. The third-order valence-electron chi connectivity index (χ3n) is 6.33. The summed E-state index contributed by atoms with van der Waals surface area (Å²) in [6, 6.07) is 13.5. The lowest BCUT2D eigenvalue weighted by Crippen LogP contribution is -2.49. The van der Waals surface area contributed by atoms with Gasteiger partial charge in [0.1, 0.15) is 18.9 Å². The molecule has 2 atom stereocenters. The molecule has 2 amide bonds. The molecule has 5 nitrogen and oxygen atoms in total. The summed E-state index contributed by atoms with van der Waals surface area (Å²) in [5.74, 6) is 0.727. The van der Waals surface area contributed by atoms with Gasteiger partial charge in [0.05, 0.1) is 10.9 Å². The third kappa shape index (κ3) is 5.14. The second-order valence-corrected chi connectivity index (χ2v) is 10.3. The SMILES string of the molecule is CCC(C)N(CC(=O)N1CCc2sccc2C1COc1ccccc1C)C(=O)c1cccs1. The predicted octanol–water partition coefficient (Wildman–Crippen LogP) is 5.56. The van der Waals surface area contributed by atoms with E-state index in [1.54, 1.807) is 16.2 Å². The molecule has 174 valence electrons. The Hall–Kier alpha value is -2.64. The molecular weight excluding hydrogens is 452 g/mol. The van der Waals surface area contributed by atoms with Crippen LogP contribution in [0, 0.1) is 6.92 Å². The largest absolute Gasteiger partial charge is 0.491 e. The Kier molecular flexibility index (Phi) is 7.50. The van der Waals surface area contributed by atoms with E-state index in [1.165, 1.54) is 16.2 Å². The zero-order valence-corrected chi connectivity index (χ0v) is 21.0. The van der Waals surface area contributed by atoms with Crippen molar-refractivity contribution in [3.05, 3.63) is 74.1 Å². The minimum atomic E-state index is -0.164. The molecule has 0 N–H and O–H groups in total. The molecule has 33 heavy (non-hydrogen) atoms. The quantitative estimate of drug-likeness (QED) is 0.422. The first-order valence-electron chi connectivity index (χ1n) is 11.4. The minimum absolute atomic E-state index is 0.0216. The Morgan fingerprint density at radius 2 is 1.97 bits per heavy atom. The van der Waals surface area contributed by atoms with E-state index in [4.69, 9.17) is 4.74 Å². The maximum atomic E-state index is 13.6. The zero-order chi connectivity index (χ0) is 23.4. The van der Waals surface area contributed by atoms with Crippen molar-refractivity contribution in [3.8, 4) is 5.75 Å². The van der Waals surface area contributed by atoms with Crippen molar-refractivity contribution in [2.45, 2.75) is 45.7 Å². The number of fused-ring (bicyclic) bond motifs is 1. The molecule has 0 saturated carbocycles. The van der Waals surface area contributed by atoms with E-state index in [0.717, 1.165) is 29.7 Å². The number of nitrogens with zero attached hydrogens (tertiary/aromatic N) is 2. The standard InChI is InChI=1S/C26H30N2O3S2/c1-4-19(3)28(26(30)24-10-7-14-32-24)16-25(29)27-13-11-23-20(12-15-33-23)21(27)17-31-22-9-6-5-8-18(22)2/h5-10,12,14-15,19,21H,4,11,13,16-17H2,1-3H3. The molecular formula is C26H30N2O3S2. The van der Waals surface area contributed by atoms with Gasteiger partial charge in [-0.2, -0.15) is 0 Å². The van der Waals surface area contributed by atoms with Crippen LogP contribution in [-0.2, 0) is 11.2 Å². The summed E-state index contributed by atoms with van der Waals surface area (Å²) in [6.45, 7) is 7.17. The highest BCUT2D eigenvalue weighted by atomic mass is 32.1. The molecule has 0 spiro atoms. The highest BCUT2D eigenvalue weighted by molar-refractivity contribution is 7.12. The number of hydrogen-bond donors (Lipinski definition) is 0. The van der Waals surface area contributed by atoms with Gasteiger partial charge in [0.25, 0.3) is 5.91 Å². The number of amides is 2. The lowest BCUT2D eigenvalue weighted by molar-refractivity contribution is -0.136. The molecule has 0 aliphatic carbocycles. The van der Waals surface area contributed by atoms with Crippen molar-refractivity contribution >= 4 is 34.5 Å². The summed E-state index contributed by atoms with van der Waals surface area (Å²) in [7, 11) is 0. The fourth-order valence-corrected chi connectivity index (χ4v) is 5.80. The summed E-state index contributed by atoms with van der Waals surface area (Å²) in [6.07, 6.45) is 1.63. The molecule has 2 unspecified atom stereocenters. The van der Waals surface area contributed by atoms with Gasteiger partial charge in [-0.25, -0.2) is 0 Å². The summed E-state index contributed by atoms with van der Waals surface area (Å²) in [5, 5.41) is 3.98. The molecule has 3 heterocycles. The second kappa shape index (κ2) is 10.5. The highest BCUT2D eigenvalue weighted by Crippen LogP contribution is 2.34. The summed E-state index contributed by atoms with van der Waals surface area (Å²) in [4.78, 5) is 32.4. The van der Waals surface area contributed by atoms with E-state index >= 15 is 0 Å². The Morgan fingerprint density at radius 1 is 1.15 bits per heavy atom. The van der Waals surface area contributed by atoms with E-state index in [1.807, 2.05) is 67.4 Å². The predicted molar refractivity (Wildman–Crippen MR) is 134 cm³/mol. The van der Waals surface area contributed by atoms with E-state index in [0.29, 0.717) is 18.0 Å². The van der Waals surface area contributed by atoms with Gasteiger partial charge in [-0.15, -0.1) is 22.7 Å². The Morgan fingerprint density at radius 3 is 2.70 bits per heavy atom. The molecule has 0 fully saturated rings. The van der Waals surface area contributed by atoms with Crippen LogP contribution in [0.1, 0.15) is 52.0 Å². The molecule has 1 aliphatic rings. The van der Waals surface area contributed by atoms with Gasteiger partial charge >= 0.3 is 0 Å². The molecule has 0 bridgehead atoms. The molecule has 1 aliphatic heterocycles. The van der Waals surface area contributed by atoms with Crippen molar-refractivity contribution in [2.24, 2.45) is 0 Å². The van der Waals surface area contributed by atoms with Gasteiger partial charge in [-0.3, -0.25) is 9.59 Å². The first kappa shape index (κ1) is 23.5. The first-order valence-corrected chi connectivity index (χ1v) is 13.1. The van der Waals surface area contributed by atoms with E-state index in [9.17, 15) is 9.59 Å². The molecule has 7 heteroatoms. The Balaban J connectivity index is 1.55. The Bertz CT molecular complexity index is 1090. The summed E-state index contributed by atoms with van der Waals surface area (Å²) >= 11 is 3.15. The van der Waals surface area contributed by atoms with Gasteiger partial charge in [0.15, 0.2) is 0 Å². The number of aryl methyl sites for hydroxylation is 1. The molecule has 3 aromatic rings. The number of para-hydroxylation sites is 1. The number of benzene rings is 1. The van der Waals surface area contributed by atoms with Crippen molar-refractivity contribution in [1.82, 2.24) is 9.80 Å². The lowest BCUT2D eigenvalue weighted by atomic mass is 10.00. The maximum absolute atomic E-state index is 13.6. The zero-order valence-electron chi connectivity index (χ0n) is 19.3. The van der Waals surface area contributed by atoms with Crippen LogP contribution in [0.2, 0.25) is 0 Å². The number of rotatable bonds is 8. The molecule has 0 radical (unpaired) electrons.